The van der Waals surface area contributed by atoms with Gasteiger partial charge in [0.2, 0.25) is 0 Å². The number of rotatable bonds is 7. The monoisotopic (exact) mass is 481 g/mol. The molecule has 3 rings (SSSR count). The van der Waals surface area contributed by atoms with E-state index < -0.39 is 0 Å². The van der Waals surface area contributed by atoms with Crippen LogP contribution in [0, 0.1) is 5.82 Å². The zero-order chi connectivity index (χ0) is 18.2. The van der Waals surface area contributed by atoms with E-state index in [1.54, 1.807) is 0 Å². The van der Waals surface area contributed by atoms with E-state index in [0.29, 0.717) is 6.54 Å². The summed E-state index contributed by atoms with van der Waals surface area (Å²) in [6.45, 7) is 4.22. The number of benzene rings is 2. The molecule has 27 heavy (non-hydrogen) atoms. The Morgan fingerprint density at radius 3 is 2.59 bits per heavy atom. The van der Waals surface area contributed by atoms with Crippen LogP contribution in [0.4, 0.5) is 4.39 Å². The molecule has 1 aromatic heterocycles. The lowest BCUT2D eigenvalue weighted by atomic mass is 10.1. The first-order valence-corrected chi connectivity index (χ1v) is 8.95. The summed E-state index contributed by atoms with van der Waals surface area (Å²) < 4.78 is 12.9. The molecular formula is C20H25FIN5. The number of hydrogen-bond acceptors (Lipinski definition) is 2. The Balaban J connectivity index is 0.00000261. The van der Waals surface area contributed by atoms with Crippen molar-refractivity contribution in [3.63, 3.8) is 0 Å². The van der Waals surface area contributed by atoms with Crippen molar-refractivity contribution in [1.29, 1.82) is 0 Å². The van der Waals surface area contributed by atoms with Crippen molar-refractivity contribution < 1.29 is 4.39 Å². The highest BCUT2D eigenvalue weighted by atomic mass is 127. The molecule has 0 atom stereocenters. The van der Waals surface area contributed by atoms with Crippen LogP contribution < -0.4 is 10.6 Å². The molecule has 144 valence electrons. The van der Waals surface area contributed by atoms with Gasteiger partial charge in [-0.2, -0.15) is 0 Å². The predicted octanol–water partition coefficient (Wildman–Crippen LogP) is 3.66. The fourth-order valence-electron chi connectivity index (χ4n) is 2.72. The average Bonchev–Trinajstić information content (AvgIpc) is 3.06. The van der Waals surface area contributed by atoms with Crippen LogP contribution in [-0.2, 0) is 12.8 Å². The maximum atomic E-state index is 12.9. The summed E-state index contributed by atoms with van der Waals surface area (Å²) in [6, 6.07) is 14.6. The van der Waals surface area contributed by atoms with Gasteiger partial charge in [-0.05, 0) is 43.2 Å². The minimum absolute atomic E-state index is 0. The number of fused-ring (bicyclic) bond motifs is 1. The van der Waals surface area contributed by atoms with Crippen LogP contribution >= 0.6 is 24.0 Å². The van der Waals surface area contributed by atoms with Gasteiger partial charge in [0.1, 0.15) is 11.6 Å². The average molecular weight is 481 g/mol. The van der Waals surface area contributed by atoms with Gasteiger partial charge in [-0.15, -0.1) is 24.0 Å². The molecule has 0 spiro atoms. The highest BCUT2D eigenvalue weighted by Gasteiger charge is 2.02. The van der Waals surface area contributed by atoms with Crippen molar-refractivity contribution in [3.8, 4) is 0 Å². The lowest BCUT2D eigenvalue weighted by molar-refractivity contribution is 0.626. The van der Waals surface area contributed by atoms with Gasteiger partial charge in [0.25, 0.3) is 0 Å². The number of imidazole rings is 1. The topological polar surface area (TPSA) is 65.1 Å². The standard InChI is InChI=1S/C20H24FN5.HI/c1-2-22-20(23-13-11-15-7-9-16(21)10-8-15)24-14-12-19-25-17-5-3-4-6-18(17)26-19;/h3-10H,2,11-14H2,1H3,(H,25,26)(H2,22,23,24);1H. The first kappa shape index (κ1) is 21.1. The second kappa shape index (κ2) is 10.9. The number of para-hydroxylation sites is 2. The van der Waals surface area contributed by atoms with Crippen molar-refractivity contribution in [1.82, 2.24) is 20.6 Å². The number of H-pyrrole nitrogens is 1. The maximum absolute atomic E-state index is 12.9. The van der Waals surface area contributed by atoms with Crippen molar-refractivity contribution in [3.05, 3.63) is 65.7 Å². The third-order valence-electron chi connectivity index (χ3n) is 4.02. The molecule has 0 unspecified atom stereocenters. The van der Waals surface area contributed by atoms with Crippen LogP contribution in [0.1, 0.15) is 18.3 Å². The Bertz CT molecular complexity index is 827. The van der Waals surface area contributed by atoms with Crippen LogP contribution in [0.5, 0.6) is 0 Å². The highest BCUT2D eigenvalue weighted by Crippen LogP contribution is 2.10. The number of nitrogens with zero attached hydrogens (tertiary/aromatic N) is 2. The molecule has 0 aliphatic carbocycles. The zero-order valence-corrected chi connectivity index (χ0v) is 17.7. The normalized spacial score (nSPS) is 11.3. The van der Waals surface area contributed by atoms with Crippen molar-refractivity contribution >= 4 is 41.0 Å². The number of aliphatic imine (C=N–C) groups is 1. The van der Waals surface area contributed by atoms with E-state index in [4.69, 9.17) is 0 Å². The molecule has 0 bridgehead atoms. The van der Waals surface area contributed by atoms with E-state index in [1.165, 1.54) is 12.1 Å². The number of guanidine groups is 1. The molecule has 0 radical (unpaired) electrons. The van der Waals surface area contributed by atoms with Crippen LogP contribution in [-0.4, -0.2) is 35.6 Å². The Morgan fingerprint density at radius 2 is 1.85 bits per heavy atom. The summed E-state index contributed by atoms with van der Waals surface area (Å²) in [5, 5.41) is 6.55. The molecule has 0 saturated heterocycles. The van der Waals surface area contributed by atoms with Crippen LogP contribution in [0.15, 0.2) is 53.5 Å². The van der Waals surface area contributed by atoms with Crippen LogP contribution in [0.3, 0.4) is 0 Å². The van der Waals surface area contributed by atoms with E-state index in [2.05, 4.69) is 25.6 Å². The molecule has 2 aromatic carbocycles. The van der Waals surface area contributed by atoms with Crippen LogP contribution in [0.2, 0.25) is 0 Å². The van der Waals surface area contributed by atoms with Gasteiger partial charge in [0.05, 0.1) is 11.0 Å². The second-order valence-corrected chi connectivity index (χ2v) is 6.01. The summed E-state index contributed by atoms with van der Waals surface area (Å²) in [4.78, 5) is 12.5. The van der Waals surface area contributed by atoms with Gasteiger partial charge in [-0.25, -0.2) is 9.37 Å². The number of hydrogen-bond donors (Lipinski definition) is 3. The van der Waals surface area contributed by atoms with Gasteiger partial charge in [0.15, 0.2) is 5.96 Å². The van der Waals surface area contributed by atoms with Gasteiger partial charge in [-0.1, -0.05) is 24.3 Å². The Labute approximate surface area is 175 Å². The van der Waals surface area contributed by atoms with E-state index in [1.807, 2.05) is 43.3 Å². The summed E-state index contributed by atoms with van der Waals surface area (Å²) in [7, 11) is 0. The molecule has 0 aliphatic heterocycles. The summed E-state index contributed by atoms with van der Waals surface area (Å²) >= 11 is 0. The SMILES string of the molecule is CCNC(=NCCc1nc2ccccc2[nH]1)NCCc1ccc(F)cc1.I. The van der Waals surface area contributed by atoms with E-state index in [9.17, 15) is 4.39 Å². The number of nitrogens with one attached hydrogen (secondary N) is 3. The first-order valence-electron chi connectivity index (χ1n) is 8.95. The number of halogens is 2. The van der Waals surface area contributed by atoms with Crippen molar-refractivity contribution in [2.75, 3.05) is 19.6 Å². The zero-order valence-electron chi connectivity index (χ0n) is 15.3. The molecular weight excluding hydrogens is 456 g/mol. The smallest absolute Gasteiger partial charge is 0.191 e. The van der Waals surface area contributed by atoms with Gasteiger partial charge in [0, 0.05) is 26.1 Å². The lowest BCUT2D eigenvalue weighted by Gasteiger charge is -2.11. The summed E-state index contributed by atoms with van der Waals surface area (Å²) in [6.07, 6.45) is 1.57. The summed E-state index contributed by atoms with van der Waals surface area (Å²) in [5.41, 5.74) is 3.13. The molecule has 5 nitrogen and oxygen atoms in total. The van der Waals surface area contributed by atoms with Gasteiger partial charge in [-0.3, -0.25) is 4.99 Å². The quantitative estimate of drug-likeness (QED) is 0.274. The number of aromatic nitrogens is 2. The van der Waals surface area contributed by atoms with E-state index in [-0.39, 0.29) is 29.8 Å². The molecule has 0 fully saturated rings. The minimum Gasteiger partial charge on any atom is -0.357 e. The van der Waals surface area contributed by atoms with Gasteiger partial charge < -0.3 is 15.6 Å². The molecule has 0 aliphatic rings. The van der Waals surface area contributed by atoms with Crippen molar-refractivity contribution in [2.45, 2.75) is 19.8 Å². The van der Waals surface area contributed by atoms with Gasteiger partial charge >= 0.3 is 0 Å². The molecule has 1 heterocycles. The lowest BCUT2D eigenvalue weighted by Crippen LogP contribution is -2.38. The first-order chi connectivity index (χ1) is 12.7. The maximum Gasteiger partial charge on any atom is 0.191 e. The predicted molar refractivity (Wildman–Crippen MR) is 119 cm³/mol. The van der Waals surface area contributed by atoms with E-state index in [0.717, 1.165) is 54.3 Å². The Hall–Kier alpha value is -2.16. The Kier molecular flexibility index (Phi) is 8.50. The largest absolute Gasteiger partial charge is 0.357 e. The van der Waals surface area contributed by atoms with E-state index >= 15 is 0 Å². The summed E-state index contributed by atoms with van der Waals surface area (Å²) in [5.74, 6) is 1.52. The Morgan fingerprint density at radius 1 is 1.07 bits per heavy atom. The highest BCUT2D eigenvalue weighted by molar-refractivity contribution is 14.0. The fourth-order valence-corrected chi connectivity index (χ4v) is 2.72. The third kappa shape index (κ3) is 6.50. The third-order valence-corrected chi connectivity index (χ3v) is 4.02. The second-order valence-electron chi connectivity index (χ2n) is 6.01. The van der Waals surface area contributed by atoms with Crippen molar-refractivity contribution in [2.24, 2.45) is 4.99 Å². The minimum atomic E-state index is -0.206. The molecule has 0 saturated carbocycles. The molecule has 0 amide bonds. The fraction of sp³-hybridized carbons (Fsp3) is 0.300. The number of aromatic amines is 1. The molecule has 3 aromatic rings. The molecule has 7 heteroatoms. The molecule has 3 N–H and O–H groups in total. The van der Waals surface area contributed by atoms with Crippen LogP contribution in [0.25, 0.3) is 11.0 Å².